The standard InChI is InChI=1S/C21H21N3O5S2/c1-27-13-7-5-6-12(10-13)18-23-24-21(29-18)30-11-16(25)22-19-17(20(26)28-2)14-8-3-4-9-15(14)31-19/h5-7,10H,3-4,8-9,11H2,1-2H3,(H,22,25). The van der Waals surface area contributed by atoms with E-state index in [1.165, 1.54) is 18.4 Å². The largest absolute Gasteiger partial charge is 0.497 e. The van der Waals surface area contributed by atoms with Crippen LogP contribution in [0.1, 0.15) is 33.6 Å². The van der Waals surface area contributed by atoms with Crippen LogP contribution in [0.2, 0.25) is 0 Å². The van der Waals surface area contributed by atoms with Crippen LogP contribution in [-0.4, -0.2) is 42.0 Å². The molecule has 2 heterocycles. The van der Waals surface area contributed by atoms with Crippen molar-refractivity contribution in [2.45, 2.75) is 30.9 Å². The Kier molecular flexibility index (Phi) is 6.57. The Morgan fingerprint density at radius 3 is 2.87 bits per heavy atom. The van der Waals surface area contributed by atoms with Gasteiger partial charge in [0.15, 0.2) is 0 Å². The third-order valence-electron chi connectivity index (χ3n) is 4.86. The summed E-state index contributed by atoms with van der Waals surface area (Å²) in [6.45, 7) is 0. The molecule has 1 aliphatic rings. The van der Waals surface area contributed by atoms with E-state index in [9.17, 15) is 9.59 Å². The number of nitrogens with zero attached hydrogens (tertiary/aromatic N) is 2. The first-order chi connectivity index (χ1) is 15.1. The van der Waals surface area contributed by atoms with Crippen LogP contribution in [0.4, 0.5) is 5.00 Å². The van der Waals surface area contributed by atoms with Crippen molar-refractivity contribution in [3.63, 3.8) is 0 Å². The molecule has 4 rings (SSSR count). The van der Waals surface area contributed by atoms with Gasteiger partial charge in [-0.2, -0.15) is 0 Å². The van der Waals surface area contributed by atoms with Gasteiger partial charge in [0, 0.05) is 10.4 Å². The lowest BCUT2D eigenvalue weighted by atomic mass is 9.95. The summed E-state index contributed by atoms with van der Waals surface area (Å²) in [5, 5.41) is 11.7. The number of esters is 1. The molecule has 0 saturated heterocycles. The number of ether oxygens (including phenoxy) is 2. The highest BCUT2D eigenvalue weighted by Gasteiger charge is 2.27. The van der Waals surface area contributed by atoms with Gasteiger partial charge in [0.05, 0.1) is 25.5 Å². The van der Waals surface area contributed by atoms with E-state index in [0.29, 0.717) is 22.2 Å². The highest BCUT2D eigenvalue weighted by atomic mass is 32.2. The average molecular weight is 460 g/mol. The smallest absolute Gasteiger partial charge is 0.341 e. The second-order valence-electron chi connectivity index (χ2n) is 6.85. The minimum Gasteiger partial charge on any atom is -0.497 e. The first-order valence-corrected chi connectivity index (χ1v) is 11.5. The van der Waals surface area contributed by atoms with Crippen molar-refractivity contribution in [1.82, 2.24) is 10.2 Å². The fourth-order valence-corrected chi connectivity index (χ4v) is 5.26. The van der Waals surface area contributed by atoms with Crippen LogP contribution < -0.4 is 10.1 Å². The van der Waals surface area contributed by atoms with Crippen molar-refractivity contribution in [3.8, 4) is 17.2 Å². The van der Waals surface area contributed by atoms with Crippen molar-refractivity contribution in [3.05, 3.63) is 40.3 Å². The second kappa shape index (κ2) is 9.52. The maximum absolute atomic E-state index is 12.5. The van der Waals surface area contributed by atoms with Crippen molar-refractivity contribution in [1.29, 1.82) is 0 Å². The molecular weight excluding hydrogens is 438 g/mol. The Balaban J connectivity index is 1.42. The zero-order chi connectivity index (χ0) is 21.8. The molecule has 10 heteroatoms. The topological polar surface area (TPSA) is 104 Å². The van der Waals surface area contributed by atoms with Crippen LogP contribution in [-0.2, 0) is 22.4 Å². The Hall–Kier alpha value is -2.85. The molecule has 3 aromatic rings. The molecule has 31 heavy (non-hydrogen) atoms. The maximum Gasteiger partial charge on any atom is 0.341 e. The Morgan fingerprint density at radius 2 is 2.06 bits per heavy atom. The lowest BCUT2D eigenvalue weighted by molar-refractivity contribution is -0.113. The number of carbonyl (C=O) groups is 2. The van der Waals surface area contributed by atoms with E-state index in [1.807, 2.05) is 18.2 Å². The molecule has 8 nitrogen and oxygen atoms in total. The highest BCUT2D eigenvalue weighted by Crippen LogP contribution is 2.38. The molecule has 1 N–H and O–H groups in total. The van der Waals surface area contributed by atoms with Gasteiger partial charge in [-0.15, -0.1) is 21.5 Å². The minimum absolute atomic E-state index is 0.0723. The number of hydrogen-bond donors (Lipinski definition) is 1. The SMILES string of the molecule is COC(=O)c1c(NC(=O)CSc2nnc(-c3cccc(OC)c3)o2)sc2c1CCCC2. The average Bonchev–Trinajstić information content (AvgIpc) is 3.41. The van der Waals surface area contributed by atoms with Gasteiger partial charge in [-0.05, 0) is 49.4 Å². The van der Waals surface area contributed by atoms with Gasteiger partial charge in [-0.25, -0.2) is 4.79 Å². The fourth-order valence-electron chi connectivity index (χ4n) is 3.40. The molecule has 0 atom stereocenters. The summed E-state index contributed by atoms with van der Waals surface area (Å²) in [7, 11) is 2.94. The molecule has 162 valence electrons. The predicted octanol–water partition coefficient (Wildman–Crippen LogP) is 4.20. The molecule has 0 spiro atoms. The van der Waals surface area contributed by atoms with E-state index in [4.69, 9.17) is 13.9 Å². The summed E-state index contributed by atoms with van der Waals surface area (Å²) in [6.07, 6.45) is 3.87. The van der Waals surface area contributed by atoms with Crippen LogP contribution in [0.3, 0.4) is 0 Å². The number of thioether (sulfide) groups is 1. The van der Waals surface area contributed by atoms with Gasteiger partial charge >= 0.3 is 5.97 Å². The highest BCUT2D eigenvalue weighted by molar-refractivity contribution is 7.99. The summed E-state index contributed by atoms with van der Waals surface area (Å²) >= 11 is 2.59. The van der Waals surface area contributed by atoms with Gasteiger partial charge in [0.1, 0.15) is 10.8 Å². The number of benzene rings is 1. The van der Waals surface area contributed by atoms with Gasteiger partial charge in [0.2, 0.25) is 11.8 Å². The molecule has 2 aromatic heterocycles. The monoisotopic (exact) mass is 459 g/mol. The lowest BCUT2D eigenvalue weighted by Crippen LogP contribution is -2.16. The number of nitrogens with one attached hydrogen (secondary N) is 1. The summed E-state index contributed by atoms with van der Waals surface area (Å²) in [5.41, 5.74) is 2.22. The van der Waals surface area contributed by atoms with E-state index in [-0.39, 0.29) is 16.9 Å². The van der Waals surface area contributed by atoms with Gasteiger partial charge in [-0.3, -0.25) is 4.79 Å². The number of aromatic nitrogens is 2. The normalized spacial score (nSPS) is 12.8. The minimum atomic E-state index is -0.415. The number of hydrogen-bond acceptors (Lipinski definition) is 9. The maximum atomic E-state index is 12.5. The number of anilines is 1. The summed E-state index contributed by atoms with van der Waals surface area (Å²) in [4.78, 5) is 26.0. The molecule has 1 aliphatic carbocycles. The Labute approximate surface area is 187 Å². The fraction of sp³-hybridized carbons (Fsp3) is 0.333. The summed E-state index contributed by atoms with van der Waals surface area (Å²) in [6, 6.07) is 7.29. The number of thiophene rings is 1. The molecule has 0 bridgehead atoms. The van der Waals surface area contributed by atoms with Gasteiger partial charge in [-0.1, -0.05) is 17.8 Å². The van der Waals surface area contributed by atoms with Crippen LogP contribution >= 0.6 is 23.1 Å². The van der Waals surface area contributed by atoms with Crippen LogP contribution in [0.15, 0.2) is 33.9 Å². The number of fused-ring (bicyclic) bond motifs is 1. The number of carbonyl (C=O) groups excluding carboxylic acids is 2. The molecule has 0 unspecified atom stereocenters. The number of rotatable bonds is 7. The number of amides is 1. The Morgan fingerprint density at radius 1 is 1.23 bits per heavy atom. The van der Waals surface area contributed by atoms with Crippen LogP contribution in [0, 0.1) is 0 Å². The van der Waals surface area contributed by atoms with E-state index < -0.39 is 5.97 Å². The van der Waals surface area contributed by atoms with Crippen LogP contribution in [0.5, 0.6) is 5.75 Å². The first kappa shape index (κ1) is 21.4. The zero-order valence-electron chi connectivity index (χ0n) is 17.1. The van der Waals surface area contributed by atoms with Crippen LogP contribution in [0.25, 0.3) is 11.5 Å². The van der Waals surface area contributed by atoms with E-state index in [1.54, 1.807) is 13.2 Å². The number of aryl methyl sites for hydroxylation is 1. The first-order valence-electron chi connectivity index (χ1n) is 9.72. The second-order valence-corrected chi connectivity index (χ2v) is 8.88. The summed E-state index contributed by atoms with van der Waals surface area (Å²) in [5.74, 6) is 0.435. The molecule has 1 aromatic carbocycles. The van der Waals surface area contributed by atoms with Gasteiger partial charge < -0.3 is 19.2 Å². The van der Waals surface area contributed by atoms with Crippen molar-refractivity contribution in [2.24, 2.45) is 0 Å². The molecule has 0 fully saturated rings. The Bertz CT molecular complexity index is 1110. The van der Waals surface area contributed by atoms with Gasteiger partial charge in [0.25, 0.3) is 5.22 Å². The molecule has 0 aliphatic heterocycles. The van der Waals surface area contributed by atoms with Crippen molar-refractivity contribution < 1.29 is 23.5 Å². The van der Waals surface area contributed by atoms with Crippen molar-refractivity contribution >= 4 is 40.0 Å². The number of methoxy groups -OCH3 is 2. The molecule has 0 radical (unpaired) electrons. The zero-order valence-corrected chi connectivity index (χ0v) is 18.7. The lowest BCUT2D eigenvalue weighted by Gasteiger charge is -2.11. The molecule has 0 saturated carbocycles. The molecular formula is C21H21N3O5S2. The van der Waals surface area contributed by atoms with E-state index >= 15 is 0 Å². The van der Waals surface area contributed by atoms with E-state index in [2.05, 4.69) is 15.5 Å². The third-order valence-corrected chi connectivity index (χ3v) is 6.89. The quantitative estimate of drug-likeness (QED) is 0.414. The van der Waals surface area contributed by atoms with E-state index in [0.717, 1.165) is 53.4 Å². The molecule has 1 amide bonds. The third kappa shape index (κ3) is 4.75. The summed E-state index contributed by atoms with van der Waals surface area (Å²) < 4.78 is 15.8. The van der Waals surface area contributed by atoms with Crippen molar-refractivity contribution in [2.75, 3.05) is 25.3 Å². The predicted molar refractivity (Wildman–Crippen MR) is 118 cm³/mol.